The Morgan fingerprint density at radius 3 is 2.56 bits per heavy atom. The maximum Gasteiger partial charge on any atom is 0.283 e. The minimum absolute atomic E-state index is 0.00222. The molecule has 1 heterocycles. The van der Waals surface area contributed by atoms with Crippen molar-refractivity contribution in [3.8, 4) is 10.4 Å². The van der Waals surface area contributed by atoms with Gasteiger partial charge in [-0.05, 0) is 48.6 Å². The van der Waals surface area contributed by atoms with Crippen LogP contribution < -0.4 is 10.6 Å². The van der Waals surface area contributed by atoms with Gasteiger partial charge in [0.15, 0.2) is 5.13 Å². The average Bonchev–Trinajstić information content (AvgIpc) is 3.23. The molecule has 0 saturated heterocycles. The van der Waals surface area contributed by atoms with E-state index in [1.807, 2.05) is 26.1 Å². The molecule has 1 atom stereocenters. The fraction of sp³-hybridized carbons (Fsp3) is 0.308. The topological polar surface area (TPSA) is 54.0 Å². The molecule has 0 aliphatic carbocycles. The minimum Gasteiger partial charge on any atom is -0.388 e. The van der Waals surface area contributed by atoms with Crippen LogP contribution in [0.5, 0.6) is 0 Å². The van der Waals surface area contributed by atoms with Crippen molar-refractivity contribution in [3.05, 3.63) is 77.0 Å². The highest BCUT2D eigenvalue weighted by molar-refractivity contribution is 7.19. The third-order valence-electron chi connectivity index (χ3n) is 5.44. The summed E-state index contributed by atoms with van der Waals surface area (Å²) in [6.45, 7) is 2.72. The largest absolute Gasteiger partial charge is 0.388 e. The summed E-state index contributed by atoms with van der Waals surface area (Å²) >= 11 is 1.60. The molecule has 0 spiro atoms. The lowest BCUT2D eigenvalue weighted by molar-refractivity contribution is -0.107. The van der Waals surface area contributed by atoms with Crippen LogP contribution >= 0.6 is 20.6 Å². The number of aryl methyl sites for hydroxylation is 1. The van der Waals surface area contributed by atoms with E-state index in [1.165, 1.54) is 12.1 Å². The van der Waals surface area contributed by atoms with Crippen molar-refractivity contribution >= 4 is 37.7 Å². The molecule has 34 heavy (non-hydrogen) atoms. The zero-order chi connectivity index (χ0) is 24.6. The highest BCUT2D eigenvalue weighted by Crippen LogP contribution is 2.36. The van der Waals surface area contributed by atoms with Gasteiger partial charge >= 0.3 is 0 Å². The standard InChI is InChI=1S/C26H30F2N3OPS/c1-3-4-7-23-24(20-10-13-22(29-2)19(17-20)14-16-32)34-25(31-23)30-15-5-6-18-8-11-21(12-9-18)26(27,28)33/h3-4,8-13,16-17,29H,5-7,14-15,33H2,1-2H3,(H,30,31)/b4-3-. The molecule has 0 aliphatic heterocycles. The number of hydrogen-bond acceptors (Lipinski definition) is 5. The molecule has 3 rings (SSSR count). The molecule has 4 nitrogen and oxygen atoms in total. The van der Waals surface area contributed by atoms with Gasteiger partial charge in [-0.1, -0.05) is 63.1 Å². The molecule has 0 amide bonds. The van der Waals surface area contributed by atoms with Gasteiger partial charge in [0.05, 0.1) is 10.6 Å². The van der Waals surface area contributed by atoms with E-state index in [1.54, 1.807) is 32.7 Å². The van der Waals surface area contributed by atoms with Crippen molar-refractivity contribution < 1.29 is 13.6 Å². The molecule has 0 saturated carbocycles. The number of rotatable bonds is 12. The molecule has 180 valence electrons. The quantitative estimate of drug-likeness (QED) is 0.126. The Morgan fingerprint density at radius 2 is 1.91 bits per heavy atom. The fourth-order valence-corrected chi connectivity index (χ4v) is 4.85. The third kappa shape index (κ3) is 6.94. The van der Waals surface area contributed by atoms with Crippen molar-refractivity contribution in [2.45, 2.75) is 38.3 Å². The van der Waals surface area contributed by atoms with Crippen molar-refractivity contribution in [2.24, 2.45) is 0 Å². The first kappa shape index (κ1) is 26.0. The number of aromatic nitrogens is 1. The predicted molar refractivity (Wildman–Crippen MR) is 142 cm³/mol. The van der Waals surface area contributed by atoms with Crippen LogP contribution in [0.3, 0.4) is 0 Å². The van der Waals surface area contributed by atoms with Crippen LogP contribution in [0.4, 0.5) is 19.6 Å². The Kier molecular flexibility index (Phi) is 9.31. The van der Waals surface area contributed by atoms with E-state index in [0.29, 0.717) is 6.42 Å². The lowest BCUT2D eigenvalue weighted by atomic mass is 10.0. The lowest BCUT2D eigenvalue weighted by Gasteiger charge is -2.11. The number of allylic oxidation sites excluding steroid dienone is 2. The van der Waals surface area contributed by atoms with E-state index in [0.717, 1.165) is 70.2 Å². The van der Waals surface area contributed by atoms with Crippen LogP contribution in [0.1, 0.15) is 35.7 Å². The monoisotopic (exact) mass is 501 g/mol. The lowest BCUT2D eigenvalue weighted by Crippen LogP contribution is -2.04. The molecule has 1 unspecified atom stereocenters. The minimum atomic E-state index is -2.89. The zero-order valence-corrected chi connectivity index (χ0v) is 21.4. The Balaban J connectivity index is 1.69. The number of alkyl halides is 2. The highest BCUT2D eigenvalue weighted by atomic mass is 32.1. The highest BCUT2D eigenvalue weighted by Gasteiger charge is 2.23. The fourth-order valence-electron chi connectivity index (χ4n) is 3.64. The van der Waals surface area contributed by atoms with Gasteiger partial charge in [0.2, 0.25) is 0 Å². The molecule has 2 aromatic carbocycles. The summed E-state index contributed by atoms with van der Waals surface area (Å²) in [4.78, 5) is 17.0. The van der Waals surface area contributed by atoms with Gasteiger partial charge in [-0.3, -0.25) is 0 Å². The molecular formula is C26H30F2N3OPS. The van der Waals surface area contributed by atoms with Crippen molar-refractivity contribution in [3.63, 3.8) is 0 Å². The molecule has 3 aromatic rings. The summed E-state index contributed by atoms with van der Waals surface area (Å²) in [7, 11) is 3.42. The van der Waals surface area contributed by atoms with Crippen molar-refractivity contribution in [1.82, 2.24) is 4.98 Å². The molecule has 0 aliphatic rings. The molecule has 0 bridgehead atoms. The van der Waals surface area contributed by atoms with Crippen molar-refractivity contribution in [2.75, 3.05) is 24.2 Å². The van der Waals surface area contributed by atoms with E-state index in [9.17, 15) is 13.6 Å². The van der Waals surface area contributed by atoms with Gasteiger partial charge in [0.25, 0.3) is 5.66 Å². The number of nitrogens with one attached hydrogen (secondary N) is 2. The maximum absolute atomic E-state index is 13.3. The first-order valence-corrected chi connectivity index (χ1v) is 12.6. The number of hydrogen-bond donors (Lipinski definition) is 2. The number of carbonyl (C=O) groups excluding carboxylic acids is 1. The van der Waals surface area contributed by atoms with Crippen molar-refractivity contribution in [1.29, 1.82) is 0 Å². The number of halogens is 2. The molecule has 8 heteroatoms. The van der Waals surface area contributed by atoms with E-state index >= 15 is 0 Å². The summed E-state index contributed by atoms with van der Waals surface area (Å²) in [5.74, 6) is 0. The van der Waals surface area contributed by atoms with Gasteiger partial charge in [-0.2, -0.15) is 8.78 Å². The van der Waals surface area contributed by atoms with Gasteiger partial charge in [-0.15, -0.1) is 0 Å². The predicted octanol–water partition coefficient (Wildman–Crippen LogP) is 6.68. The summed E-state index contributed by atoms with van der Waals surface area (Å²) in [5.41, 5.74) is 2.08. The van der Waals surface area contributed by atoms with Gasteiger partial charge < -0.3 is 15.4 Å². The van der Waals surface area contributed by atoms with Crippen LogP contribution in [-0.4, -0.2) is 24.9 Å². The first-order chi connectivity index (χ1) is 16.4. The number of aldehydes is 1. The summed E-state index contributed by atoms with van der Waals surface area (Å²) < 4.78 is 26.7. The second-order valence-corrected chi connectivity index (χ2v) is 9.64. The normalized spacial score (nSPS) is 11.7. The molecule has 0 fully saturated rings. The third-order valence-corrected chi connectivity index (χ3v) is 6.88. The molecular weight excluding hydrogens is 471 g/mol. The van der Waals surface area contributed by atoms with E-state index < -0.39 is 5.66 Å². The van der Waals surface area contributed by atoms with Gasteiger partial charge in [-0.25, -0.2) is 4.98 Å². The average molecular weight is 502 g/mol. The van der Waals surface area contributed by atoms with Crippen LogP contribution in [0, 0.1) is 0 Å². The molecule has 1 aromatic heterocycles. The van der Waals surface area contributed by atoms with Crippen LogP contribution in [0.25, 0.3) is 10.4 Å². The maximum atomic E-state index is 13.3. The van der Waals surface area contributed by atoms with Gasteiger partial charge in [0.1, 0.15) is 6.29 Å². The van der Waals surface area contributed by atoms with E-state index in [4.69, 9.17) is 4.98 Å². The number of thiazole rings is 1. The van der Waals surface area contributed by atoms with Crippen LogP contribution in [-0.2, 0) is 29.7 Å². The Labute approximate surface area is 206 Å². The number of benzene rings is 2. The Bertz CT molecular complexity index is 1120. The van der Waals surface area contributed by atoms with Crippen LogP contribution in [0.15, 0.2) is 54.6 Å². The number of carbonyl (C=O) groups is 1. The SMILES string of the molecule is C/C=C\Cc1nc(NCCCc2ccc(C(F)(F)P)cc2)sc1-c1ccc(NC)c(CC=O)c1. The zero-order valence-electron chi connectivity index (χ0n) is 19.4. The first-order valence-electron chi connectivity index (χ1n) is 11.2. The van der Waals surface area contributed by atoms with Crippen LogP contribution in [0.2, 0.25) is 0 Å². The number of anilines is 2. The van der Waals surface area contributed by atoms with Gasteiger partial charge in [0, 0.05) is 37.7 Å². The second kappa shape index (κ2) is 12.2. The Hall–Kier alpha value is -2.63. The molecule has 0 radical (unpaired) electrons. The second-order valence-electron chi connectivity index (χ2n) is 7.91. The summed E-state index contributed by atoms with van der Waals surface area (Å²) in [5, 5.41) is 7.40. The van der Waals surface area contributed by atoms with E-state index in [-0.39, 0.29) is 5.56 Å². The number of nitrogens with zero attached hydrogens (tertiary/aromatic N) is 1. The Morgan fingerprint density at radius 1 is 1.15 bits per heavy atom. The molecule has 2 N–H and O–H groups in total. The van der Waals surface area contributed by atoms with E-state index in [2.05, 4.69) is 28.8 Å². The smallest absolute Gasteiger partial charge is 0.283 e. The summed E-state index contributed by atoms with van der Waals surface area (Å²) in [6, 6.07) is 12.6. The summed E-state index contributed by atoms with van der Waals surface area (Å²) in [6.07, 6.45) is 7.74.